The summed E-state index contributed by atoms with van der Waals surface area (Å²) >= 11 is 0. The average Bonchev–Trinajstić information content (AvgIpc) is 2.67. The number of piperidine rings is 1. The van der Waals surface area contributed by atoms with Gasteiger partial charge in [0.1, 0.15) is 0 Å². The lowest BCUT2D eigenvalue weighted by atomic mass is 9.84. The number of hydrogen-bond acceptors (Lipinski definition) is 3. The number of likely N-dealkylation sites (tertiary alicyclic amines) is 1. The first-order valence-electron chi connectivity index (χ1n) is 6.67. The van der Waals surface area contributed by atoms with Gasteiger partial charge in [-0.1, -0.05) is 0 Å². The van der Waals surface area contributed by atoms with Crippen molar-refractivity contribution in [3.63, 3.8) is 0 Å². The quantitative estimate of drug-likeness (QED) is 0.791. The molecule has 2 aliphatic heterocycles. The van der Waals surface area contributed by atoms with Crippen LogP contribution in [-0.2, 0) is 4.74 Å². The fourth-order valence-corrected chi connectivity index (χ4v) is 3.48. The third kappa shape index (κ3) is 2.27. The van der Waals surface area contributed by atoms with Gasteiger partial charge in [0, 0.05) is 31.3 Å². The van der Waals surface area contributed by atoms with E-state index in [4.69, 9.17) is 4.74 Å². The molecule has 2 fully saturated rings. The fourth-order valence-electron chi connectivity index (χ4n) is 3.48. The molecular formula is C13H26N2O. The standard InChI is InChI=1S/C13H26N2O/c1-11-5-7-13(10-14-11)6-4-8-15(13)12(2)9-16-3/h11-12,14H,4-10H2,1-3H3. The van der Waals surface area contributed by atoms with E-state index in [2.05, 4.69) is 24.1 Å². The Bertz CT molecular complexity index is 224. The van der Waals surface area contributed by atoms with Crippen molar-refractivity contribution < 1.29 is 4.74 Å². The highest BCUT2D eigenvalue weighted by atomic mass is 16.5. The molecule has 0 aromatic carbocycles. The minimum atomic E-state index is 0.435. The van der Waals surface area contributed by atoms with E-state index >= 15 is 0 Å². The summed E-state index contributed by atoms with van der Waals surface area (Å²) < 4.78 is 5.31. The Morgan fingerprint density at radius 1 is 1.50 bits per heavy atom. The van der Waals surface area contributed by atoms with Gasteiger partial charge in [-0.2, -0.15) is 0 Å². The second-order valence-corrected chi connectivity index (χ2v) is 5.65. The number of ether oxygens (including phenoxy) is 1. The first-order chi connectivity index (χ1) is 7.68. The summed E-state index contributed by atoms with van der Waals surface area (Å²) in [4.78, 5) is 2.69. The maximum atomic E-state index is 5.31. The molecule has 0 saturated carbocycles. The van der Waals surface area contributed by atoms with Crippen LogP contribution in [0.4, 0.5) is 0 Å². The van der Waals surface area contributed by atoms with E-state index in [0.29, 0.717) is 17.6 Å². The van der Waals surface area contributed by atoms with Gasteiger partial charge in [0.2, 0.25) is 0 Å². The topological polar surface area (TPSA) is 24.5 Å². The number of nitrogens with zero attached hydrogens (tertiary/aromatic N) is 1. The van der Waals surface area contributed by atoms with Crippen LogP contribution in [0.25, 0.3) is 0 Å². The third-order valence-corrected chi connectivity index (χ3v) is 4.41. The van der Waals surface area contributed by atoms with Crippen LogP contribution >= 0.6 is 0 Å². The molecule has 2 rings (SSSR count). The molecule has 2 heterocycles. The smallest absolute Gasteiger partial charge is 0.0615 e. The van der Waals surface area contributed by atoms with Crippen LogP contribution in [0.15, 0.2) is 0 Å². The van der Waals surface area contributed by atoms with Crippen molar-refractivity contribution in [1.82, 2.24) is 10.2 Å². The van der Waals surface area contributed by atoms with Gasteiger partial charge in [-0.15, -0.1) is 0 Å². The highest BCUT2D eigenvalue weighted by molar-refractivity contribution is 5.02. The monoisotopic (exact) mass is 226 g/mol. The van der Waals surface area contributed by atoms with Crippen LogP contribution < -0.4 is 5.32 Å². The van der Waals surface area contributed by atoms with Crippen LogP contribution in [0.5, 0.6) is 0 Å². The minimum absolute atomic E-state index is 0.435. The summed E-state index contributed by atoms with van der Waals surface area (Å²) in [5, 5.41) is 3.66. The molecule has 0 aromatic rings. The zero-order valence-corrected chi connectivity index (χ0v) is 11.0. The van der Waals surface area contributed by atoms with Crippen LogP contribution in [0.1, 0.15) is 39.5 Å². The zero-order chi connectivity index (χ0) is 11.6. The number of methoxy groups -OCH3 is 1. The van der Waals surface area contributed by atoms with E-state index in [1.165, 1.54) is 38.8 Å². The van der Waals surface area contributed by atoms with Crippen LogP contribution in [-0.4, -0.2) is 49.3 Å². The van der Waals surface area contributed by atoms with Gasteiger partial charge in [0.15, 0.2) is 0 Å². The normalized spacial score (nSPS) is 38.1. The van der Waals surface area contributed by atoms with Gasteiger partial charge < -0.3 is 10.1 Å². The Morgan fingerprint density at radius 3 is 2.94 bits per heavy atom. The molecule has 3 atom stereocenters. The second-order valence-electron chi connectivity index (χ2n) is 5.65. The van der Waals surface area contributed by atoms with Crippen LogP contribution in [0, 0.1) is 0 Å². The molecule has 0 amide bonds. The molecule has 3 nitrogen and oxygen atoms in total. The Kier molecular flexibility index (Phi) is 3.88. The van der Waals surface area contributed by atoms with E-state index in [-0.39, 0.29) is 0 Å². The molecule has 2 saturated heterocycles. The summed E-state index contributed by atoms with van der Waals surface area (Å²) in [6.45, 7) is 7.87. The minimum Gasteiger partial charge on any atom is -0.383 e. The predicted octanol–water partition coefficient (Wildman–Crippen LogP) is 1.63. The first-order valence-corrected chi connectivity index (χ1v) is 6.67. The molecule has 16 heavy (non-hydrogen) atoms. The number of hydrogen-bond donors (Lipinski definition) is 1. The second kappa shape index (κ2) is 5.03. The van der Waals surface area contributed by atoms with Crippen molar-refractivity contribution in [2.45, 2.75) is 57.2 Å². The van der Waals surface area contributed by atoms with Gasteiger partial charge in [-0.3, -0.25) is 4.90 Å². The SMILES string of the molecule is COCC(C)N1CCCC12CCC(C)NC2. The van der Waals surface area contributed by atoms with E-state index in [0.717, 1.165) is 6.61 Å². The van der Waals surface area contributed by atoms with Gasteiger partial charge >= 0.3 is 0 Å². The highest BCUT2D eigenvalue weighted by Gasteiger charge is 2.44. The highest BCUT2D eigenvalue weighted by Crippen LogP contribution is 2.37. The molecule has 1 spiro atoms. The lowest BCUT2D eigenvalue weighted by Crippen LogP contribution is -2.59. The predicted molar refractivity (Wildman–Crippen MR) is 66.7 cm³/mol. The Labute approximate surface area is 99.5 Å². The summed E-state index contributed by atoms with van der Waals surface area (Å²) in [5.74, 6) is 0. The molecule has 0 radical (unpaired) electrons. The lowest BCUT2D eigenvalue weighted by molar-refractivity contribution is 0.0239. The third-order valence-electron chi connectivity index (χ3n) is 4.41. The molecule has 0 aromatic heterocycles. The van der Waals surface area contributed by atoms with Crippen molar-refractivity contribution in [3.8, 4) is 0 Å². The van der Waals surface area contributed by atoms with E-state index in [9.17, 15) is 0 Å². The first kappa shape index (κ1) is 12.3. The van der Waals surface area contributed by atoms with Crippen LogP contribution in [0.2, 0.25) is 0 Å². The molecule has 0 bridgehead atoms. The van der Waals surface area contributed by atoms with Gasteiger partial charge in [-0.05, 0) is 46.1 Å². The summed E-state index contributed by atoms with van der Waals surface area (Å²) in [6.07, 6.45) is 5.39. The molecule has 0 aliphatic carbocycles. The van der Waals surface area contributed by atoms with Crippen LogP contribution in [0.3, 0.4) is 0 Å². The Balaban J connectivity index is 2.01. The van der Waals surface area contributed by atoms with Crippen molar-refractivity contribution in [2.24, 2.45) is 0 Å². The number of rotatable bonds is 3. The maximum absolute atomic E-state index is 5.31. The molecule has 94 valence electrons. The summed E-state index contributed by atoms with van der Waals surface area (Å²) in [6, 6.07) is 1.26. The summed E-state index contributed by atoms with van der Waals surface area (Å²) in [7, 11) is 1.81. The van der Waals surface area contributed by atoms with Crippen molar-refractivity contribution >= 4 is 0 Å². The molecule has 1 N–H and O–H groups in total. The van der Waals surface area contributed by atoms with Gasteiger partial charge in [0.25, 0.3) is 0 Å². The molecule has 2 aliphatic rings. The van der Waals surface area contributed by atoms with Gasteiger partial charge in [-0.25, -0.2) is 0 Å². The van der Waals surface area contributed by atoms with Crippen molar-refractivity contribution in [1.29, 1.82) is 0 Å². The number of nitrogens with one attached hydrogen (secondary N) is 1. The fraction of sp³-hybridized carbons (Fsp3) is 1.00. The Hall–Kier alpha value is -0.120. The average molecular weight is 226 g/mol. The molecular weight excluding hydrogens is 200 g/mol. The molecule has 3 unspecified atom stereocenters. The Morgan fingerprint density at radius 2 is 2.31 bits per heavy atom. The maximum Gasteiger partial charge on any atom is 0.0615 e. The summed E-state index contributed by atoms with van der Waals surface area (Å²) in [5.41, 5.74) is 0.435. The van der Waals surface area contributed by atoms with E-state index < -0.39 is 0 Å². The van der Waals surface area contributed by atoms with E-state index in [1.807, 2.05) is 0 Å². The van der Waals surface area contributed by atoms with Gasteiger partial charge in [0.05, 0.1) is 6.61 Å². The zero-order valence-electron chi connectivity index (χ0n) is 11.0. The molecule has 3 heteroatoms. The van der Waals surface area contributed by atoms with Crippen molar-refractivity contribution in [3.05, 3.63) is 0 Å². The van der Waals surface area contributed by atoms with E-state index in [1.54, 1.807) is 7.11 Å². The lowest BCUT2D eigenvalue weighted by Gasteiger charge is -2.46. The largest absolute Gasteiger partial charge is 0.383 e. The van der Waals surface area contributed by atoms with Crippen molar-refractivity contribution in [2.75, 3.05) is 26.8 Å².